The van der Waals surface area contributed by atoms with Gasteiger partial charge in [0.15, 0.2) is 11.6 Å². The van der Waals surface area contributed by atoms with E-state index in [2.05, 4.69) is 19.2 Å². The Labute approximate surface area is 111 Å². The molecule has 1 fully saturated rings. The molecule has 0 aromatic heterocycles. The molecule has 5 heteroatoms. The van der Waals surface area contributed by atoms with Crippen LogP contribution in [0.15, 0.2) is 12.1 Å². The summed E-state index contributed by atoms with van der Waals surface area (Å²) < 4.78 is 45.1. The Bertz CT molecular complexity index is 451. The summed E-state index contributed by atoms with van der Waals surface area (Å²) in [6.45, 7) is 4.71. The Morgan fingerprint density at radius 1 is 1.16 bits per heavy atom. The number of anilines is 1. The van der Waals surface area contributed by atoms with Crippen molar-refractivity contribution in [3.8, 4) is 0 Å². The third-order valence-corrected chi connectivity index (χ3v) is 3.43. The largest absolute Gasteiger partial charge is 0.380 e. The molecule has 2 atom stereocenters. The molecule has 0 radical (unpaired) electrons. The van der Waals surface area contributed by atoms with Crippen molar-refractivity contribution < 1.29 is 17.9 Å². The van der Waals surface area contributed by atoms with Gasteiger partial charge in [-0.15, -0.1) is 0 Å². The van der Waals surface area contributed by atoms with Gasteiger partial charge in [-0.3, -0.25) is 0 Å². The zero-order chi connectivity index (χ0) is 14.0. The monoisotopic (exact) mass is 273 g/mol. The predicted molar refractivity (Wildman–Crippen MR) is 67.5 cm³/mol. The lowest BCUT2D eigenvalue weighted by Gasteiger charge is -2.33. The number of halogens is 3. The van der Waals surface area contributed by atoms with Gasteiger partial charge in [-0.25, -0.2) is 13.2 Å². The van der Waals surface area contributed by atoms with Gasteiger partial charge in [-0.1, -0.05) is 13.8 Å². The van der Waals surface area contributed by atoms with E-state index in [1.54, 1.807) is 0 Å². The summed E-state index contributed by atoms with van der Waals surface area (Å²) in [4.78, 5) is 0. The zero-order valence-electron chi connectivity index (χ0n) is 11.1. The van der Waals surface area contributed by atoms with Crippen molar-refractivity contribution in [1.29, 1.82) is 0 Å². The zero-order valence-corrected chi connectivity index (χ0v) is 11.1. The number of ether oxygens (including phenoxy) is 1. The molecule has 1 saturated heterocycles. The molecule has 1 aliphatic rings. The number of hydrogen-bond donors (Lipinski definition) is 1. The molecule has 1 aromatic carbocycles. The van der Waals surface area contributed by atoms with Crippen molar-refractivity contribution in [3.05, 3.63) is 29.6 Å². The molecule has 1 heterocycles. The van der Waals surface area contributed by atoms with E-state index in [1.807, 2.05) is 0 Å². The van der Waals surface area contributed by atoms with Gasteiger partial charge in [0.1, 0.15) is 5.82 Å². The number of benzene rings is 1. The molecule has 106 valence electrons. The average Bonchev–Trinajstić information content (AvgIpc) is 2.36. The summed E-state index contributed by atoms with van der Waals surface area (Å²) in [5, 5.41) is 2.94. The first-order chi connectivity index (χ1) is 8.97. The minimum Gasteiger partial charge on any atom is -0.380 e. The normalized spacial score (nSPS) is 23.7. The molecule has 0 aliphatic carbocycles. The fraction of sp³-hybridized carbons (Fsp3) is 0.571. The van der Waals surface area contributed by atoms with Gasteiger partial charge in [0.05, 0.1) is 11.8 Å². The molecule has 1 N–H and O–H groups in total. The minimum absolute atomic E-state index is 0.00769. The Kier molecular flexibility index (Phi) is 4.34. The van der Waals surface area contributed by atoms with E-state index < -0.39 is 17.5 Å². The minimum atomic E-state index is -1.17. The lowest BCUT2D eigenvalue weighted by Crippen LogP contribution is -2.36. The summed E-state index contributed by atoms with van der Waals surface area (Å²) in [6.07, 6.45) is 1.57. The van der Waals surface area contributed by atoms with Crippen molar-refractivity contribution in [2.24, 2.45) is 5.92 Å². The van der Waals surface area contributed by atoms with Crippen LogP contribution in [0.3, 0.4) is 0 Å². The smallest absolute Gasteiger partial charge is 0.161 e. The first-order valence-corrected chi connectivity index (χ1v) is 6.50. The van der Waals surface area contributed by atoms with E-state index in [4.69, 9.17) is 4.74 Å². The summed E-state index contributed by atoms with van der Waals surface area (Å²) in [6, 6.07) is 1.45. The average molecular weight is 273 g/mol. The van der Waals surface area contributed by atoms with E-state index in [1.165, 1.54) is 0 Å². The van der Waals surface area contributed by atoms with E-state index in [9.17, 15) is 13.2 Å². The Morgan fingerprint density at radius 3 is 2.53 bits per heavy atom. The van der Waals surface area contributed by atoms with E-state index in [-0.39, 0.29) is 17.8 Å². The van der Waals surface area contributed by atoms with Crippen LogP contribution in [0.1, 0.15) is 26.7 Å². The maximum atomic E-state index is 13.5. The first kappa shape index (κ1) is 14.2. The molecule has 1 aliphatic heterocycles. The second-order valence-electron chi connectivity index (χ2n) is 5.27. The first-order valence-electron chi connectivity index (χ1n) is 6.50. The fourth-order valence-electron chi connectivity index (χ4n) is 2.28. The topological polar surface area (TPSA) is 21.3 Å². The van der Waals surface area contributed by atoms with Crippen molar-refractivity contribution in [1.82, 2.24) is 0 Å². The lowest BCUT2D eigenvalue weighted by atomic mass is 9.95. The second kappa shape index (κ2) is 5.82. The number of rotatable bonds is 3. The van der Waals surface area contributed by atoms with Gasteiger partial charge in [-0.05, 0) is 18.8 Å². The van der Waals surface area contributed by atoms with E-state index >= 15 is 0 Å². The van der Waals surface area contributed by atoms with Gasteiger partial charge in [0, 0.05) is 24.8 Å². The van der Waals surface area contributed by atoms with Crippen molar-refractivity contribution in [2.45, 2.75) is 38.8 Å². The quantitative estimate of drug-likeness (QED) is 0.847. The lowest BCUT2D eigenvalue weighted by molar-refractivity contribution is -0.0161. The molecule has 0 spiro atoms. The highest BCUT2D eigenvalue weighted by molar-refractivity contribution is 5.46. The van der Waals surface area contributed by atoms with Crippen LogP contribution in [-0.4, -0.2) is 18.8 Å². The van der Waals surface area contributed by atoms with Crippen molar-refractivity contribution >= 4 is 5.69 Å². The third-order valence-electron chi connectivity index (χ3n) is 3.43. The van der Waals surface area contributed by atoms with Gasteiger partial charge in [-0.2, -0.15) is 0 Å². The van der Waals surface area contributed by atoms with Gasteiger partial charge < -0.3 is 10.1 Å². The summed E-state index contributed by atoms with van der Waals surface area (Å²) >= 11 is 0. The van der Waals surface area contributed by atoms with Gasteiger partial charge in [0.2, 0.25) is 0 Å². The molecule has 19 heavy (non-hydrogen) atoms. The van der Waals surface area contributed by atoms with Crippen LogP contribution in [-0.2, 0) is 4.74 Å². The number of hydrogen-bond acceptors (Lipinski definition) is 2. The van der Waals surface area contributed by atoms with Crippen molar-refractivity contribution in [3.63, 3.8) is 0 Å². The molecule has 2 rings (SSSR count). The van der Waals surface area contributed by atoms with Crippen LogP contribution in [0, 0.1) is 23.4 Å². The summed E-state index contributed by atoms with van der Waals surface area (Å²) in [5.74, 6) is -2.61. The molecule has 0 saturated carbocycles. The maximum Gasteiger partial charge on any atom is 0.161 e. The molecule has 1 aromatic rings. The fourth-order valence-corrected chi connectivity index (χ4v) is 2.28. The Balaban J connectivity index is 2.06. The van der Waals surface area contributed by atoms with Gasteiger partial charge >= 0.3 is 0 Å². The number of nitrogens with one attached hydrogen (secondary N) is 1. The SMILES string of the molecule is CC(C)C1CC(Nc2cc(F)c(F)cc2F)CCO1. The second-order valence-corrected chi connectivity index (χ2v) is 5.27. The third kappa shape index (κ3) is 3.41. The predicted octanol–water partition coefficient (Wildman–Crippen LogP) is 3.72. The van der Waals surface area contributed by atoms with E-state index in [0.29, 0.717) is 18.6 Å². The molecule has 2 nitrogen and oxygen atoms in total. The standard InChI is InChI=1S/C14H18F3NO/c1-8(2)14-5-9(3-4-19-14)18-13-7-11(16)10(15)6-12(13)17/h6-9,14,18H,3-5H2,1-2H3. The maximum absolute atomic E-state index is 13.5. The highest BCUT2D eigenvalue weighted by Gasteiger charge is 2.25. The summed E-state index contributed by atoms with van der Waals surface area (Å²) in [5.41, 5.74) is 0.00769. The van der Waals surface area contributed by atoms with Crippen molar-refractivity contribution in [2.75, 3.05) is 11.9 Å². The van der Waals surface area contributed by atoms with Crippen LogP contribution in [0.2, 0.25) is 0 Å². The van der Waals surface area contributed by atoms with Crippen LogP contribution in [0.5, 0.6) is 0 Å². The molecular formula is C14H18F3NO. The highest BCUT2D eigenvalue weighted by Crippen LogP contribution is 2.25. The molecule has 2 unspecified atom stereocenters. The Morgan fingerprint density at radius 2 is 1.84 bits per heavy atom. The van der Waals surface area contributed by atoms with Gasteiger partial charge in [0.25, 0.3) is 0 Å². The summed E-state index contributed by atoms with van der Waals surface area (Å²) in [7, 11) is 0. The van der Waals surface area contributed by atoms with Crippen LogP contribution >= 0.6 is 0 Å². The van der Waals surface area contributed by atoms with Crippen LogP contribution in [0.4, 0.5) is 18.9 Å². The van der Waals surface area contributed by atoms with Crippen LogP contribution < -0.4 is 5.32 Å². The molecular weight excluding hydrogens is 255 g/mol. The molecule has 0 amide bonds. The molecule has 0 bridgehead atoms. The van der Waals surface area contributed by atoms with E-state index in [0.717, 1.165) is 18.9 Å². The Hall–Kier alpha value is -1.23. The van der Waals surface area contributed by atoms with Crippen LogP contribution in [0.25, 0.3) is 0 Å². The highest BCUT2D eigenvalue weighted by atomic mass is 19.2.